The number of aliphatic hydroxyl groups excluding tert-OH is 2. The lowest BCUT2D eigenvalue weighted by molar-refractivity contribution is -0.310. The third-order valence-electron chi connectivity index (χ3n) is 7.63. The van der Waals surface area contributed by atoms with E-state index in [1.165, 1.54) is 16.8 Å². The van der Waals surface area contributed by atoms with Crippen LogP contribution in [0.3, 0.4) is 0 Å². The second-order valence-electron chi connectivity index (χ2n) is 11.4. The Morgan fingerprint density at radius 3 is 2.31 bits per heavy atom. The Bertz CT molecular complexity index is 1300. The number of carbonyl (C=O) groups is 2. The molecule has 2 amide bonds. The van der Waals surface area contributed by atoms with Gasteiger partial charge in [-0.15, -0.1) is 0 Å². The van der Waals surface area contributed by atoms with E-state index in [0.29, 0.717) is 24.1 Å². The number of benzene rings is 1. The van der Waals surface area contributed by atoms with Crippen LogP contribution in [0.15, 0.2) is 41.3 Å². The number of nitrogens with one attached hydrogen (secondary N) is 2. The average Bonchev–Trinajstić information content (AvgIpc) is 2.92. The molecule has 2 fully saturated rings. The molecule has 3 heterocycles. The van der Waals surface area contributed by atoms with Crippen molar-refractivity contribution >= 4 is 23.3 Å². The molecule has 13 heteroatoms. The van der Waals surface area contributed by atoms with Crippen LogP contribution in [-0.4, -0.2) is 93.4 Å². The van der Waals surface area contributed by atoms with Gasteiger partial charge in [0.1, 0.15) is 24.3 Å². The summed E-state index contributed by atoms with van der Waals surface area (Å²) >= 11 is 0. The Balaban J connectivity index is 1.33. The van der Waals surface area contributed by atoms with Crippen LogP contribution < -0.4 is 16.3 Å². The smallest absolute Gasteiger partial charge is 0.351 e. The van der Waals surface area contributed by atoms with Crippen molar-refractivity contribution in [2.75, 3.05) is 24.7 Å². The molecule has 0 saturated carbocycles. The Labute approximate surface area is 244 Å². The summed E-state index contributed by atoms with van der Waals surface area (Å²) in [6.07, 6.45) is -2.65. The highest BCUT2D eigenvalue weighted by Crippen LogP contribution is 2.32. The van der Waals surface area contributed by atoms with Gasteiger partial charge in [0.2, 0.25) is 5.91 Å². The highest BCUT2D eigenvalue weighted by Gasteiger charge is 2.46. The van der Waals surface area contributed by atoms with Crippen LogP contribution in [0.5, 0.6) is 0 Å². The predicted molar refractivity (Wildman–Crippen MR) is 154 cm³/mol. The summed E-state index contributed by atoms with van der Waals surface area (Å²) in [6, 6.07) is 7.54. The maximum Gasteiger partial charge on any atom is 0.351 e. The largest absolute Gasteiger partial charge is 0.388 e. The number of anilines is 2. The fraction of sp³-hybridized carbons (Fsp3) is 0.586. The lowest BCUT2D eigenvalue weighted by Crippen LogP contribution is -2.62. The molecule has 0 unspecified atom stereocenters. The van der Waals surface area contributed by atoms with E-state index in [1.54, 1.807) is 45.0 Å². The van der Waals surface area contributed by atoms with Crippen LogP contribution >= 0.6 is 0 Å². The summed E-state index contributed by atoms with van der Waals surface area (Å²) in [4.78, 5) is 43.2. The Kier molecular flexibility index (Phi) is 10.1. The van der Waals surface area contributed by atoms with Crippen LogP contribution in [0.1, 0.15) is 57.1 Å². The fourth-order valence-electron chi connectivity index (χ4n) is 5.23. The number of rotatable bonds is 8. The molecule has 0 aliphatic carbocycles. The minimum atomic E-state index is -1.23. The van der Waals surface area contributed by atoms with Gasteiger partial charge < -0.3 is 40.0 Å². The third-order valence-corrected chi connectivity index (χ3v) is 7.63. The summed E-state index contributed by atoms with van der Waals surface area (Å²) in [5, 5.41) is 26.6. The van der Waals surface area contributed by atoms with Crippen molar-refractivity contribution in [2.45, 2.75) is 89.6 Å². The third kappa shape index (κ3) is 7.22. The van der Waals surface area contributed by atoms with Gasteiger partial charge in [-0.05, 0) is 71.1 Å². The molecule has 2 aliphatic rings. The van der Waals surface area contributed by atoms with Crippen molar-refractivity contribution in [2.24, 2.45) is 5.92 Å². The van der Waals surface area contributed by atoms with E-state index in [4.69, 9.17) is 14.2 Å². The van der Waals surface area contributed by atoms with E-state index in [1.807, 2.05) is 25.9 Å². The zero-order valence-electron chi connectivity index (χ0n) is 24.8. The number of carbonyl (C=O) groups excluding carboxylic acids is 2. The lowest BCUT2D eigenvalue weighted by atomic mass is 9.96. The summed E-state index contributed by atoms with van der Waals surface area (Å²) in [5.41, 5.74) is 0.326. The highest BCUT2D eigenvalue weighted by molar-refractivity contribution is 6.04. The molecule has 42 heavy (non-hydrogen) atoms. The van der Waals surface area contributed by atoms with E-state index in [-0.39, 0.29) is 29.8 Å². The number of hydrogen-bond donors (Lipinski definition) is 4. The Morgan fingerprint density at radius 1 is 1.02 bits per heavy atom. The van der Waals surface area contributed by atoms with E-state index in [9.17, 15) is 24.6 Å². The minimum Gasteiger partial charge on any atom is -0.388 e. The number of likely N-dealkylation sites (N-methyl/N-ethyl adjacent to an activating group) is 1. The second kappa shape index (κ2) is 13.4. The molecule has 2 aromatic rings. The van der Waals surface area contributed by atoms with Gasteiger partial charge in [-0.25, -0.2) is 4.79 Å². The van der Waals surface area contributed by atoms with Gasteiger partial charge in [0.25, 0.3) is 5.91 Å². The molecular weight excluding hydrogens is 546 g/mol. The van der Waals surface area contributed by atoms with Crippen molar-refractivity contribution in [1.29, 1.82) is 0 Å². The molecule has 1 aromatic carbocycles. The van der Waals surface area contributed by atoms with Crippen molar-refractivity contribution in [1.82, 2.24) is 14.5 Å². The van der Waals surface area contributed by atoms with Crippen LogP contribution in [0, 0.1) is 5.92 Å². The Hall–Kier alpha value is -3.20. The zero-order valence-corrected chi connectivity index (χ0v) is 24.8. The molecule has 4 rings (SSSR count). The molecule has 1 aromatic heterocycles. The molecule has 0 bridgehead atoms. The van der Waals surface area contributed by atoms with Crippen LogP contribution in [0.4, 0.5) is 11.5 Å². The van der Waals surface area contributed by atoms with Crippen LogP contribution in [0.25, 0.3) is 0 Å². The van der Waals surface area contributed by atoms with Crippen molar-refractivity contribution in [3.63, 3.8) is 0 Å². The molecule has 230 valence electrons. The normalized spacial score (nSPS) is 29.9. The average molecular weight is 588 g/mol. The van der Waals surface area contributed by atoms with Gasteiger partial charge in [-0.3, -0.25) is 14.2 Å². The summed E-state index contributed by atoms with van der Waals surface area (Å²) in [6.45, 7) is 7.21. The first-order valence-electron chi connectivity index (χ1n) is 14.2. The number of nitrogens with zero attached hydrogens (tertiary/aromatic N) is 3. The van der Waals surface area contributed by atoms with Crippen LogP contribution in [-0.2, 0) is 19.0 Å². The summed E-state index contributed by atoms with van der Waals surface area (Å²) in [7, 11) is 3.62. The predicted octanol–water partition coefficient (Wildman–Crippen LogP) is 1.57. The maximum atomic E-state index is 12.8. The fourth-order valence-corrected chi connectivity index (χ4v) is 5.23. The molecule has 8 atom stereocenters. The van der Waals surface area contributed by atoms with Crippen LogP contribution in [0.2, 0.25) is 0 Å². The van der Waals surface area contributed by atoms with E-state index in [0.717, 1.165) is 0 Å². The van der Waals surface area contributed by atoms with Gasteiger partial charge in [-0.2, -0.15) is 4.98 Å². The first-order chi connectivity index (χ1) is 19.8. The number of ether oxygens (including phenoxy) is 3. The van der Waals surface area contributed by atoms with Gasteiger partial charge in [0.15, 0.2) is 6.29 Å². The minimum absolute atomic E-state index is 0.0932. The summed E-state index contributed by atoms with van der Waals surface area (Å²) in [5.74, 6) is -0.650. The number of amides is 2. The SMILES string of the molecule is CC(C)C(=O)Nc1ccc(C(=O)Nc2ccn([C@H]3CC[C@H](O[C@H]4O[C@H](C)[C@@H](N(C)C)[C@H](O)[C@H]4O)[C@@H](C)O3)c(=O)n2)cc1. The van der Waals surface area contributed by atoms with Gasteiger partial charge in [0.05, 0.1) is 24.4 Å². The number of aromatic nitrogens is 2. The molecule has 2 saturated heterocycles. The molecule has 4 N–H and O–H groups in total. The quantitative estimate of drug-likeness (QED) is 0.356. The topological polar surface area (TPSA) is 164 Å². The first kappa shape index (κ1) is 31.7. The van der Waals surface area contributed by atoms with Gasteiger partial charge in [-0.1, -0.05) is 13.8 Å². The van der Waals surface area contributed by atoms with Gasteiger partial charge in [0, 0.05) is 23.4 Å². The molecule has 0 spiro atoms. The number of aliphatic hydroxyl groups is 2. The lowest BCUT2D eigenvalue weighted by Gasteiger charge is -2.46. The molecular formula is C29H41N5O8. The molecule has 2 aliphatic heterocycles. The van der Waals surface area contributed by atoms with E-state index >= 15 is 0 Å². The van der Waals surface area contributed by atoms with E-state index in [2.05, 4.69) is 15.6 Å². The first-order valence-corrected chi connectivity index (χ1v) is 14.2. The Morgan fingerprint density at radius 2 is 1.71 bits per heavy atom. The van der Waals surface area contributed by atoms with E-state index < -0.39 is 48.5 Å². The summed E-state index contributed by atoms with van der Waals surface area (Å²) < 4.78 is 19.3. The highest BCUT2D eigenvalue weighted by atomic mass is 16.7. The van der Waals surface area contributed by atoms with Gasteiger partial charge >= 0.3 is 5.69 Å². The van der Waals surface area contributed by atoms with Crippen molar-refractivity contribution < 1.29 is 34.0 Å². The second-order valence-corrected chi connectivity index (χ2v) is 11.4. The van der Waals surface area contributed by atoms with Crippen molar-refractivity contribution in [3.05, 3.63) is 52.6 Å². The van der Waals surface area contributed by atoms with Crippen molar-refractivity contribution in [3.8, 4) is 0 Å². The zero-order chi connectivity index (χ0) is 30.7. The number of hydrogen-bond acceptors (Lipinski definition) is 10. The molecule has 13 nitrogen and oxygen atoms in total. The maximum absolute atomic E-state index is 12.8. The molecule has 0 radical (unpaired) electrons. The standard InChI is InChI=1S/C29H41N5O8/c1-15(2)26(37)30-19-9-7-18(8-10-19)27(38)31-21-13-14-34(29(39)32-21)22-12-11-20(16(3)40-22)42-28-25(36)24(35)23(33(5)6)17(4)41-28/h7-10,13-17,20,22-25,28,35-36H,11-12H2,1-6H3,(H,30,37)(H,31,32,38,39)/t16-,17-,20+,22-,23-,24+,25-,28-/m1/s1. The monoisotopic (exact) mass is 587 g/mol.